The van der Waals surface area contributed by atoms with Gasteiger partial charge < -0.3 is 24.3 Å². The number of ether oxygens (including phenoxy) is 2. The summed E-state index contributed by atoms with van der Waals surface area (Å²) in [6, 6.07) is 18.9. The van der Waals surface area contributed by atoms with Crippen LogP contribution in [-0.2, 0) is 17.7 Å². The highest BCUT2D eigenvalue weighted by atomic mass is 32.1. The number of carbonyl (C=O) groups is 1. The van der Waals surface area contributed by atoms with Crippen LogP contribution in [0.3, 0.4) is 0 Å². The van der Waals surface area contributed by atoms with Gasteiger partial charge in [-0.15, -0.1) is 11.3 Å². The summed E-state index contributed by atoms with van der Waals surface area (Å²) in [5.74, 6) is 0.389. The maximum absolute atomic E-state index is 13.6. The molecular weight excluding hydrogens is 662 g/mol. The zero-order valence-electron chi connectivity index (χ0n) is 29.5. The van der Waals surface area contributed by atoms with E-state index in [9.17, 15) is 9.18 Å². The monoisotopic (exact) mass is 705 g/mol. The van der Waals surface area contributed by atoms with E-state index in [2.05, 4.69) is 44.6 Å². The van der Waals surface area contributed by atoms with Crippen LogP contribution in [0.15, 0.2) is 78.6 Å². The summed E-state index contributed by atoms with van der Waals surface area (Å²) >= 11 is 1.99. The molecule has 1 N–H and O–H groups in total. The van der Waals surface area contributed by atoms with Gasteiger partial charge in [0.2, 0.25) is 0 Å². The number of aromatic nitrogens is 2. The minimum atomic E-state index is -0.436. The van der Waals surface area contributed by atoms with E-state index in [1.54, 1.807) is 35.5 Å². The molecule has 3 aliphatic rings. The van der Waals surface area contributed by atoms with E-state index in [1.165, 1.54) is 28.8 Å². The predicted molar refractivity (Wildman–Crippen MR) is 203 cm³/mol. The molecule has 0 unspecified atom stereocenters. The number of carbonyl (C=O) groups excluding carboxylic acids is 1. The van der Waals surface area contributed by atoms with Gasteiger partial charge in [0.1, 0.15) is 28.5 Å². The van der Waals surface area contributed by atoms with Gasteiger partial charge in [-0.05, 0) is 96.8 Å². The second-order valence-corrected chi connectivity index (χ2v) is 15.9. The Morgan fingerprint density at radius 1 is 0.961 bits per heavy atom. The number of thiophene rings is 1. The molecule has 5 heterocycles. The summed E-state index contributed by atoms with van der Waals surface area (Å²) in [6.07, 6.45) is 7.97. The zero-order valence-corrected chi connectivity index (χ0v) is 30.3. The molecule has 0 atom stereocenters. The number of nitrogens with zero attached hydrogens (tertiary/aromatic N) is 4. The third-order valence-electron chi connectivity index (χ3n) is 10.7. The number of esters is 1. The zero-order chi connectivity index (χ0) is 35.1. The second kappa shape index (κ2) is 13.8. The summed E-state index contributed by atoms with van der Waals surface area (Å²) < 4.78 is 24.9. The molecule has 0 amide bonds. The molecule has 1 saturated heterocycles. The van der Waals surface area contributed by atoms with Gasteiger partial charge in [0, 0.05) is 84.6 Å². The Kier molecular flexibility index (Phi) is 9.06. The van der Waals surface area contributed by atoms with Crippen LogP contribution in [0, 0.1) is 11.2 Å². The number of hydrogen-bond acceptors (Lipinski definition) is 8. The van der Waals surface area contributed by atoms with Gasteiger partial charge in [-0.25, -0.2) is 14.2 Å². The first-order chi connectivity index (χ1) is 24.7. The van der Waals surface area contributed by atoms with E-state index in [-0.39, 0.29) is 11.2 Å². The molecule has 8 rings (SSSR count). The number of anilines is 2. The van der Waals surface area contributed by atoms with Crippen LogP contribution >= 0.6 is 11.3 Å². The number of nitrogens with one attached hydrogen (secondary N) is 1. The molecule has 5 aromatic rings. The number of halogens is 1. The van der Waals surface area contributed by atoms with Crippen molar-refractivity contribution in [2.75, 3.05) is 56.2 Å². The number of rotatable bonds is 8. The number of aromatic amines is 1. The molecule has 1 fully saturated rings. The first-order valence-corrected chi connectivity index (χ1v) is 18.7. The Hall–Kier alpha value is -4.67. The van der Waals surface area contributed by atoms with Crippen LogP contribution in [0.1, 0.15) is 58.8 Å². The third-order valence-corrected chi connectivity index (χ3v) is 12.0. The van der Waals surface area contributed by atoms with Gasteiger partial charge >= 0.3 is 5.97 Å². The van der Waals surface area contributed by atoms with Crippen molar-refractivity contribution in [3.8, 4) is 11.5 Å². The average Bonchev–Trinajstić information content (AvgIpc) is 3.79. The highest BCUT2D eigenvalue weighted by molar-refractivity contribution is 7.13. The van der Waals surface area contributed by atoms with E-state index in [1.807, 2.05) is 53.9 Å². The first kappa shape index (κ1) is 33.5. The number of hydrogen-bond donors (Lipinski definition) is 1. The minimum Gasteiger partial charge on any atom is -0.465 e. The molecule has 3 aromatic heterocycles. The van der Waals surface area contributed by atoms with Gasteiger partial charge in [-0.2, -0.15) is 0 Å². The van der Waals surface area contributed by atoms with Crippen molar-refractivity contribution < 1.29 is 18.7 Å². The summed E-state index contributed by atoms with van der Waals surface area (Å²) in [5.41, 5.74) is 8.10. The fourth-order valence-electron chi connectivity index (χ4n) is 7.73. The highest BCUT2D eigenvalue weighted by Crippen LogP contribution is 2.46. The van der Waals surface area contributed by atoms with Gasteiger partial charge in [0.05, 0.1) is 13.3 Å². The SMILES string of the molecule is COC(=O)c1ccc(N2CCN(CC3=C(c4cc5c(s4)CCN(c4ccc(F)cc4)C5)CC(C)(C)CC3)CC2)cc1Oc1cnc2[nH]ccc2c1. The lowest BCUT2D eigenvalue weighted by Crippen LogP contribution is -2.47. The first-order valence-electron chi connectivity index (χ1n) is 17.9. The van der Waals surface area contributed by atoms with Crippen molar-refractivity contribution in [2.45, 2.75) is 46.1 Å². The van der Waals surface area contributed by atoms with Crippen LogP contribution in [-0.4, -0.2) is 67.2 Å². The van der Waals surface area contributed by atoms with Gasteiger partial charge in [-0.3, -0.25) is 4.90 Å². The average molecular weight is 706 g/mol. The summed E-state index contributed by atoms with van der Waals surface area (Å²) in [4.78, 5) is 30.5. The number of benzene rings is 2. The maximum Gasteiger partial charge on any atom is 0.341 e. The molecule has 0 saturated carbocycles. The number of methoxy groups -OCH3 is 1. The smallest absolute Gasteiger partial charge is 0.341 e. The van der Waals surface area contributed by atoms with Crippen molar-refractivity contribution in [3.63, 3.8) is 0 Å². The molecule has 0 spiro atoms. The Labute approximate surface area is 302 Å². The molecule has 51 heavy (non-hydrogen) atoms. The molecule has 8 nitrogen and oxygen atoms in total. The van der Waals surface area contributed by atoms with Gasteiger partial charge in [0.15, 0.2) is 0 Å². The topological polar surface area (TPSA) is 73.9 Å². The quantitative estimate of drug-likeness (QED) is 0.162. The number of allylic oxidation sites excluding steroid dienone is 1. The van der Waals surface area contributed by atoms with Crippen LogP contribution in [0.2, 0.25) is 0 Å². The largest absolute Gasteiger partial charge is 0.465 e. The van der Waals surface area contributed by atoms with Gasteiger partial charge in [-0.1, -0.05) is 19.4 Å². The van der Waals surface area contributed by atoms with E-state index in [4.69, 9.17) is 9.47 Å². The minimum absolute atomic E-state index is 0.191. The molecule has 0 radical (unpaired) electrons. The number of H-pyrrole nitrogens is 1. The molecule has 10 heteroatoms. The number of fused-ring (bicyclic) bond motifs is 2. The van der Waals surface area contributed by atoms with Crippen molar-refractivity contribution >= 4 is 45.3 Å². The lowest BCUT2D eigenvalue weighted by Gasteiger charge is -2.39. The molecule has 264 valence electrons. The normalized spacial score (nSPS) is 17.9. The second-order valence-electron chi connectivity index (χ2n) is 14.8. The van der Waals surface area contributed by atoms with Crippen LogP contribution in [0.25, 0.3) is 16.6 Å². The fourth-order valence-corrected chi connectivity index (χ4v) is 8.98. The van der Waals surface area contributed by atoms with Crippen LogP contribution in [0.5, 0.6) is 11.5 Å². The third kappa shape index (κ3) is 7.12. The van der Waals surface area contributed by atoms with Crippen molar-refractivity contribution in [3.05, 3.63) is 105 Å². The lowest BCUT2D eigenvalue weighted by atomic mass is 9.73. The van der Waals surface area contributed by atoms with E-state index < -0.39 is 5.97 Å². The Balaban J connectivity index is 0.973. The molecule has 2 aliphatic heterocycles. The van der Waals surface area contributed by atoms with Crippen molar-refractivity contribution in [2.24, 2.45) is 5.41 Å². The lowest BCUT2D eigenvalue weighted by molar-refractivity contribution is 0.0598. The number of piperazine rings is 1. The van der Waals surface area contributed by atoms with E-state index in [0.717, 1.165) is 87.5 Å². The highest BCUT2D eigenvalue weighted by Gasteiger charge is 2.31. The molecule has 0 bridgehead atoms. The number of pyridine rings is 1. The van der Waals surface area contributed by atoms with Crippen molar-refractivity contribution in [1.29, 1.82) is 0 Å². The van der Waals surface area contributed by atoms with E-state index in [0.29, 0.717) is 17.1 Å². The Morgan fingerprint density at radius 2 is 1.76 bits per heavy atom. The molecule has 2 aromatic carbocycles. The summed E-state index contributed by atoms with van der Waals surface area (Å²) in [7, 11) is 1.39. The maximum atomic E-state index is 13.6. The Morgan fingerprint density at radius 3 is 2.57 bits per heavy atom. The predicted octanol–water partition coefficient (Wildman–Crippen LogP) is 8.69. The van der Waals surface area contributed by atoms with Crippen LogP contribution in [0.4, 0.5) is 15.8 Å². The standard InChI is InChI=1S/C41H44FN5O3S/c1-41(2)13-10-28(35(23-41)38-21-29-26-47(15-12-37(29)51-38)31-6-4-30(42)5-7-31)25-45-16-18-46(19-17-45)32-8-9-34(40(48)49-3)36(22-32)50-33-20-27-11-14-43-39(27)44-24-33/h4-9,11,14,20-22,24H,10,12-13,15-19,23,25-26H2,1-3H3,(H,43,44). The summed E-state index contributed by atoms with van der Waals surface area (Å²) in [5, 5.41) is 0.936. The Bertz CT molecular complexity index is 2090. The van der Waals surface area contributed by atoms with Crippen molar-refractivity contribution in [1.82, 2.24) is 14.9 Å². The fraction of sp³-hybridized carbons (Fsp3) is 0.366. The van der Waals surface area contributed by atoms with E-state index >= 15 is 0 Å². The molecular formula is C41H44FN5O3S. The van der Waals surface area contributed by atoms with Crippen LogP contribution < -0.4 is 14.5 Å². The van der Waals surface area contributed by atoms with Gasteiger partial charge in [0.25, 0.3) is 0 Å². The molecule has 1 aliphatic carbocycles. The summed E-state index contributed by atoms with van der Waals surface area (Å²) in [6.45, 7) is 11.3.